The summed E-state index contributed by atoms with van der Waals surface area (Å²) in [6.45, 7) is 0. The fourth-order valence-electron chi connectivity index (χ4n) is 2.38. The molecule has 0 aromatic rings. The molecule has 1 rings (SSSR count). The molecule has 0 nitrogen and oxygen atoms in total. The summed E-state index contributed by atoms with van der Waals surface area (Å²) in [7, 11) is 0. The monoisotopic (exact) mass is 252 g/mol. The van der Waals surface area contributed by atoms with Gasteiger partial charge in [0.2, 0.25) is 0 Å². The summed E-state index contributed by atoms with van der Waals surface area (Å²) in [4.78, 5) is 0. The normalized spacial score (nSPS) is 14.3. The summed E-state index contributed by atoms with van der Waals surface area (Å²) < 4.78 is 0. The molecule has 98 valence electrons. The molecule has 1 aliphatic carbocycles. The molecular formula is C16H28S. The minimum absolute atomic E-state index is 1.06. The van der Waals surface area contributed by atoms with Crippen molar-refractivity contribution in [2.24, 2.45) is 0 Å². The van der Waals surface area contributed by atoms with Crippen LogP contribution in [0.4, 0.5) is 0 Å². The van der Waals surface area contributed by atoms with Crippen LogP contribution < -0.4 is 0 Å². The lowest BCUT2D eigenvalue weighted by Crippen LogP contribution is -1.84. The minimum Gasteiger partial charge on any atom is -0.179 e. The first-order valence-electron chi connectivity index (χ1n) is 7.39. The molecule has 17 heavy (non-hydrogen) atoms. The minimum atomic E-state index is 1.06. The van der Waals surface area contributed by atoms with Crippen molar-refractivity contribution in [1.82, 2.24) is 0 Å². The van der Waals surface area contributed by atoms with Crippen LogP contribution in [0.1, 0.15) is 70.6 Å². The third-order valence-electron chi connectivity index (χ3n) is 3.50. The Morgan fingerprint density at radius 1 is 0.824 bits per heavy atom. The quantitative estimate of drug-likeness (QED) is 0.354. The van der Waals surface area contributed by atoms with Crippen molar-refractivity contribution in [3.8, 4) is 0 Å². The van der Waals surface area contributed by atoms with E-state index in [1.165, 1.54) is 70.6 Å². The summed E-state index contributed by atoms with van der Waals surface area (Å²) in [6.07, 6.45) is 22.0. The van der Waals surface area contributed by atoms with Gasteiger partial charge in [-0.25, -0.2) is 0 Å². The fourth-order valence-corrected chi connectivity index (χ4v) is 2.60. The van der Waals surface area contributed by atoms with E-state index in [0.717, 1.165) is 5.75 Å². The molecule has 0 bridgehead atoms. The van der Waals surface area contributed by atoms with Gasteiger partial charge < -0.3 is 0 Å². The van der Waals surface area contributed by atoms with Crippen LogP contribution in [-0.4, -0.2) is 5.75 Å². The topological polar surface area (TPSA) is 0 Å². The van der Waals surface area contributed by atoms with Crippen molar-refractivity contribution in [2.75, 3.05) is 5.75 Å². The van der Waals surface area contributed by atoms with E-state index in [1.807, 2.05) is 0 Å². The first-order valence-corrected chi connectivity index (χ1v) is 8.02. The lowest BCUT2D eigenvalue weighted by Gasteiger charge is -2.03. The molecule has 0 aromatic carbocycles. The molecule has 0 N–H and O–H groups in total. The van der Waals surface area contributed by atoms with E-state index < -0.39 is 0 Å². The van der Waals surface area contributed by atoms with Gasteiger partial charge in [0.1, 0.15) is 0 Å². The Bertz CT molecular complexity index is 228. The van der Waals surface area contributed by atoms with E-state index in [2.05, 4.69) is 30.9 Å². The summed E-state index contributed by atoms with van der Waals surface area (Å²) >= 11 is 4.23. The molecule has 1 aliphatic rings. The van der Waals surface area contributed by atoms with Gasteiger partial charge in [0.15, 0.2) is 0 Å². The molecule has 0 fully saturated rings. The van der Waals surface area contributed by atoms with Gasteiger partial charge in [-0.3, -0.25) is 0 Å². The maximum Gasteiger partial charge on any atom is -0.00979 e. The van der Waals surface area contributed by atoms with Gasteiger partial charge in [0.05, 0.1) is 0 Å². The molecule has 0 aromatic heterocycles. The second-order valence-electron chi connectivity index (χ2n) is 5.11. The predicted molar refractivity (Wildman–Crippen MR) is 81.9 cm³/mol. The van der Waals surface area contributed by atoms with Crippen LogP contribution in [-0.2, 0) is 0 Å². The number of allylic oxidation sites excluding steroid dienone is 4. The van der Waals surface area contributed by atoms with Crippen molar-refractivity contribution in [2.45, 2.75) is 70.6 Å². The zero-order valence-electron chi connectivity index (χ0n) is 11.2. The van der Waals surface area contributed by atoms with Gasteiger partial charge in [0, 0.05) is 0 Å². The standard InChI is InChI=1S/C16H28S/c17-15-11-7-5-3-1-2-4-6-8-12-16-13-9-10-14-16/h9-10,13,17H,1-8,11-12,14-15H2. The zero-order valence-corrected chi connectivity index (χ0v) is 12.1. The first kappa shape index (κ1) is 14.9. The van der Waals surface area contributed by atoms with Gasteiger partial charge in [-0.1, -0.05) is 68.7 Å². The second kappa shape index (κ2) is 11.0. The van der Waals surface area contributed by atoms with Crippen molar-refractivity contribution < 1.29 is 0 Å². The van der Waals surface area contributed by atoms with Crippen molar-refractivity contribution >= 4 is 12.6 Å². The van der Waals surface area contributed by atoms with Crippen LogP contribution in [0, 0.1) is 0 Å². The van der Waals surface area contributed by atoms with Gasteiger partial charge in [-0.2, -0.15) is 12.6 Å². The number of hydrogen-bond acceptors (Lipinski definition) is 1. The Morgan fingerprint density at radius 3 is 1.94 bits per heavy atom. The SMILES string of the molecule is SCCCCCCCCCCCC1=CC=CC1. The highest BCUT2D eigenvalue weighted by Gasteiger charge is 1.98. The van der Waals surface area contributed by atoms with Crippen LogP contribution in [0.5, 0.6) is 0 Å². The molecule has 0 radical (unpaired) electrons. The Hall–Kier alpha value is -0.170. The Balaban J connectivity index is 1.72. The third kappa shape index (κ3) is 8.54. The largest absolute Gasteiger partial charge is 0.179 e. The lowest BCUT2D eigenvalue weighted by molar-refractivity contribution is 0.565. The van der Waals surface area contributed by atoms with Gasteiger partial charge in [0.25, 0.3) is 0 Å². The molecular weight excluding hydrogens is 224 g/mol. The number of rotatable bonds is 11. The van der Waals surface area contributed by atoms with E-state index in [-0.39, 0.29) is 0 Å². The Morgan fingerprint density at radius 2 is 1.41 bits per heavy atom. The summed E-state index contributed by atoms with van der Waals surface area (Å²) in [5, 5.41) is 0. The smallest absolute Gasteiger partial charge is 0.00979 e. The lowest BCUT2D eigenvalue weighted by atomic mass is 10.0. The second-order valence-corrected chi connectivity index (χ2v) is 5.56. The molecule has 0 spiro atoms. The van der Waals surface area contributed by atoms with Crippen LogP contribution in [0.25, 0.3) is 0 Å². The molecule has 0 amide bonds. The summed E-state index contributed by atoms with van der Waals surface area (Å²) in [5.74, 6) is 1.06. The van der Waals surface area contributed by atoms with E-state index >= 15 is 0 Å². The van der Waals surface area contributed by atoms with Crippen molar-refractivity contribution in [1.29, 1.82) is 0 Å². The fraction of sp³-hybridized carbons (Fsp3) is 0.750. The summed E-state index contributed by atoms with van der Waals surface area (Å²) in [6, 6.07) is 0. The van der Waals surface area contributed by atoms with E-state index in [9.17, 15) is 0 Å². The van der Waals surface area contributed by atoms with Crippen LogP contribution in [0.15, 0.2) is 23.8 Å². The molecule has 0 unspecified atom stereocenters. The van der Waals surface area contributed by atoms with Gasteiger partial charge in [-0.15, -0.1) is 0 Å². The Labute approximate surface area is 113 Å². The maximum atomic E-state index is 4.23. The third-order valence-corrected chi connectivity index (χ3v) is 3.82. The van der Waals surface area contributed by atoms with Crippen LogP contribution in [0.3, 0.4) is 0 Å². The van der Waals surface area contributed by atoms with Crippen molar-refractivity contribution in [3.05, 3.63) is 23.8 Å². The van der Waals surface area contributed by atoms with Gasteiger partial charge in [-0.05, 0) is 31.4 Å². The molecule has 0 atom stereocenters. The van der Waals surface area contributed by atoms with E-state index in [4.69, 9.17) is 0 Å². The Kier molecular flexibility index (Phi) is 9.59. The average molecular weight is 252 g/mol. The number of hydrogen-bond donors (Lipinski definition) is 1. The van der Waals surface area contributed by atoms with E-state index in [1.54, 1.807) is 5.57 Å². The summed E-state index contributed by atoms with van der Waals surface area (Å²) in [5.41, 5.74) is 1.64. The maximum absolute atomic E-state index is 4.23. The van der Waals surface area contributed by atoms with Gasteiger partial charge >= 0.3 is 0 Å². The first-order chi connectivity index (χ1) is 8.43. The molecule has 0 heterocycles. The zero-order chi connectivity index (χ0) is 12.2. The van der Waals surface area contributed by atoms with Crippen LogP contribution >= 0.6 is 12.6 Å². The molecule has 1 heteroatoms. The highest BCUT2D eigenvalue weighted by molar-refractivity contribution is 7.80. The molecule has 0 saturated carbocycles. The number of thiol groups is 1. The predicted octanol–water partition coefficient (Wildman–Crippen LogP) is 5.70. The average Bonchev–Trinajstić information content (AvgIpc) is 2.85. The molecule has 0 saturated heterocycles. The molecule has 0 aliphatic heterocycles. The number of unbranched alkanes of at least 4 members (excludes halogenated alkanes) is 8. The van der Waals surface area contributed by atoms with Crippen LogP contribution in [0.2, 0.25) is 0 Å². The van der Waals surface area contributed by atoms with E-state index in [0.29, 0.717) is 0 Å². The highest BCUT2D eigenvalue weighted by atomic mass is 32.1. The van der Waals surface area contributed by atoms with Crippen molar-refractivity contribution in [3.63, 3.8) is 0 Å². The highest BCUT2D eigenvalue weighted by Crippen LogP contribution is 2.18.